The molecule has 0 aliphatic carbocycles. The molecule has 2 N–H and O–H groups in total. The van der Waals surface area contributed by atoms with E-state index in [-0.39, 0.29) is 6.61 Å². The lowest BCUT2D eigenvalue weighted by Gasteiger charge is -2.32. The van der Waals surface area contributed by atoms with Crippen LogP contribution in [0.4, 0.5) is 0 Å². The van der Waals surface area contributed by atoms with E-state index in [4.69, 9.17) is 5.11 Å². The quantitative estimate of drug-likeness (QED) is 0.600. The van der Waals surface area contributed by atoms with E-state index in [9.17, 15) is 0 Å². The molecule has 1 aliphatic heterocycles. The Balaban J connectivity index is 2.20. The monoisotopic (exact) mass is 184 g/mol. The van der Waals surface area contributed by atoms with Crippen molar-refractivity contribution in [3.05, 3.63) is 12.7 Å². The summed E-state index contributed by atoms with van der Waals surface area (Å²) in [6.07, 6.45) is 4.43. The second-order valence-electron chi connectivity index (χ2n) is 3.57. The number of hydrogen-bond acceptors (Lipinski definition) is 3. The minimum Gasteiger partial charge on any atom is -0.395 e. The van der Waals surface area contributed by atoms with Crippen LogP contribution in [0, 0.1) is 0 Å². The number of piperidine rings is 1. The number of nitrogens with zero attached hydrogens (tertiary/aromatic N) is 1. The number of rotatable bonds is 5. The normalized spacial score (nSPS) is 24.5. The molecule has 1 fully saturated rings. The molecule has 1 unspecified atom stereocenters. The van der Waals surface area contributed by atoms with E-state index in [2.05, 4.69) is 16.8 Å². The summed E-state index contributed by atoms with van der Waals surface area (Å²) in [4.78, 5) is 2.39. The number of likely N-dealkylation sites (tertiary alicyclic amines) is 1. The molecule has 0 saturated carbocycles. The van der Waals surface area contributed by atoms with Gasteiger partial charge >= 0.3 is 0 Å². The van der Waals surface area contributed by atoms with Crippen LogP contribution in [0.3, 0.4) is 0 Å². The topological polar surface area (TPSA) is 35.5 Å². The van der Waals surface area contributed by atoms with Gasteiger partial charge in [0.15, 0.2) is 0 Å². The van der Waals surface area contributed by atoms with Crippen molar-refractivity contribution in [1.29, 1.82) is 0 Å². The van der Waals surface area contributed by atoms with Crippen LogP contribution in [0.2, 0.25) is 0 Å². The van der Waals surface area contributed by atoms with E-state index >= 15 is 0 Å². The fraction of sp³-hybridized carbons (Fsp3) is 0.800. The van der Waals surface area contributed by atoms with E-state index < -0.39 is 0 Å². The highest BCUT2D eigenvalue weighted by atomic mass is 16.3. The first-order chi connectivity index (χ1) is 6.36. The maximum atomic E-state index is 8.67. The molecule has 1 heterocycles. The van der Waals surface area contributed by atoms with Crippen molar-refractivity contribution in [2.24, 2.45) is 0 Å². The third kappa shape index (κ3) is 3.89. The summed E-state index contributed by atoms with van der Waals surface area (Å²) in [5.41, 5.74) is 0. The van der Waals surface area contributed by atoms with Crippen LogP contribution in [0.25, 0.3) is 0 Å². The molecule has 0 aromatic rings. The highest BCUT2D eigenvalue weighted by Gasteiger charge is 2.17. The van der Waals surface area contributed by atoms with E-state index in [0.717, 1.165) is 13.1 Å². The molecule has 3 nitrogen and oxygen atoms in total. The lowest BCUT2D eigenvalue weighted by atomic mass is 10.1. The van der Waals surface area contributed by atoms with E-state index in [0.29, 0.717) is 12.6 Å². The Labute approximate surface area is 80.4 Å². The van der Waals surface area contributed by atoms with Crippen LogP contribution in [-0.2, 0) is 0 Å². The fourth-order valence-electron chi connectivity index (χ4n) is 1.84. The molecule has 0 spiro atoms. The second kappa shape index (κ2) is 6.13. The average molecular weight is 184 g/mol. The first-order valence-corrected chi connectivity index (χ1v) is 5.04. The summed E-state index contributed by atoms with van der Waals surface area (Å²) in [6, 6.07) is 0.556. The highest BCUT2D eigenvalue weighted by Crippen LogP contribution is 2.09. The fourth-order valence-corrected chi connectivity index (χ4v) is 1.84. The first-order valence-electron chi connectivity index (χ1n) is 5.04. The van der Waals surface area contributed by atoms with Crippen LogP contribution in [0.1, 0.15) is 12.8 Å². The largest absolute Gasteiger partial charge is 0.395 e. The molecule has 0 amide bonds. The van der Waals surface area contributed by atoms with Gasteiger partial charge in [0, 0.05) is 25.7 Å². The van der Waals surface area contributed by atoms with Gasteiger partial charge in [-0.05, 0) is 19.4 Å². The molecule has 1 rings (SSSR count). The molecule has 0 radical (unpaired) electrons. The molecular weight excluding hydrogens is 164 g/mol. The zero-order valence-corrected chi connectivity index (χ0v) is 8.21. The standard InChI is InChI=1S/C10H20N2O/c1-2-6-12-7-3-4-10(9-12)11-5-8-13/h2,10-11,13H,1,3-9H2. The third-order valence-electron chi connectivity index (χ3n) is 2.44. The van der Waals surface area contributed by atoms with E-state index in [1.807, 2.05) is 6.08 Å². The van der Waals surface area contributed by atoms with Crippen LogP contribution < -0.4 is 5.32 Å². The summed E-state index contributed by atoms with van der Waals surface area (Å²) in [5.74, 6) is 0. The van der Waals surface area contributed by atoms with Gasteiger partial charge < -0.3 is 10.4 Å². The predicted molar refractivity (Wildman–Crippen MR) is 54.7 cm³/mol. The molecule has 76 valence electrons. The lowest BCUT2D eigenvalue weighted by Crippen LogP contribution is -2.46. The maximum absolute atomic E-state index is 8.67. The first kappa shape index (κ1) is 10.7. The zero-order chi connectivity index (χ0) is 9.52. The van der Waals surface area contributed by atoms with Crippen LogP contribution in [-0.4, -0.2) is 48.8 Å². The van der Waals surface area contributed by atoms with Gasteiger partial charge in [-0.2, -0.15) is 0 Å². The number of aliphatic hydroxyl groups excluding tert-OH is 1. The van der Waals surface area contributed by atoms with Crippen molar-refractivity contribution < 1.29 is 5.11 Å². The van der Waals surface area contributed by atoms with Crippen LogP contribution >= 0.6 is 0 Å². The zero-order valence-electron chi connectivity index (χ0n) is 8.21. The third-order valence-corrected chi connectivity index (χ3v) is 2.44. The number of nitrogens with one attached hydrogen (secondary N) is 1. The highest BCUT2D eigenvalue weighted by molar-refractivity contribution is 4.82. The molecule has 0 aromatic carbocycles. The Morgan fingerprint density at radius 2 is 2.46 bits per heavy atom. The Bertz CT molecular complexity index is 150. The van der Waals surface area contributed by atoms with Crippen molar-refractivity contribution >= 4 is 0 Å². The van der Waals surface area contributed by atoms with Crippen molar-refractivity contribution in [3.8, 4) is 0 Å². The van der Waals surface area contributed by atoms with Crippen molar-refractivity contribution in [3.63, 3.8) is 0 Å². The summed E-state index contributed by atoms with van der Waals surface area (Å²) >= 11 is 0. The van der Waals surface area contributed by atoms with Crippen molar-refractivity contribution in [2.75, 3.05) is 32.8 Å². The van der Waals surface area contributed by atoms with Gasteiger partial charge in [0.25, 0.3) is 0 Å². The predicted octanol–water partition coefficient (Wildman–Crippen LogP) is 0.219. The van der Waals surface area contributed by atoms with E-state index in [1.165, 1.54) is 19.4 Å². The molecule has 3 heteroatoms. The minimum atomic E-state index is 0.234. The smallest absolute Gasteiger partial charge is 0.0556 e. The maximum Gasteiger partial charge on any atom is 0.0556 e. The molecule has 0 bridgehead atoms. The summed E-state index contributed by atoms with van der Waals surface area (Å²) < 4.78 is 0. The molecule has 13 heavy (non-hydrogen) atoms. The van der Waals surface area contributed by atoms with Gasteiger partial charge in [-0.25, -0.2) is 0 Å². The van der Waals surface area contributed by atoms with Crippen LogP contribution in [0.5, 0.6) is 0 Å². The Morgan fingerprint density at radius 1 is 1.62 bits per heavy atom. The number of hydrogen-bond donors (Lipinski definition) is 2. The van der Waals surface area contributed by atoms with Gasteiger partial charge in [0.2, 0.25) is 0 Å². The number of aliphatic hydroxyl groups is 1. The Morgan fingerprint density at radius 3 is 3.15 bits per heavy atom. The molecular formula is C10H20N2O. The van der Waals surface area contributed by atoms with Gasteiger partial charge in [-0.1, -0.05) is 6.08 Å². The van der Waals surface area contributed by atoms with Gasteiger partial charge in [-0.15, -0.1) is 6.58 Å². The molecule has 1 aliphatic rings. The minimum absolute atomic E-state index is 0.234. The second-order valence-corrected chi connectivity index (χ2v) is 3.57. The summed E-state index contributed by atoms with van der Waals surface area (Å²) in [7, 11) is 0. The Kier molecular flexibility index (Phi) is 5.05. The van der Waals surface area contributed by atoms with Gasteiger partial charge in [0.1, 0.15) is 0 Å². The SMILES string of the molecule is C=CCN1CCCC(NCCO)C1. The van der Waals surface area contributed by atoms with E-state index in [1.54, 1.807) is 0 Å². The summed E-state index contributed by atoms with van der Waals surface area (Å²) in [6.45, 7) is 7.95. The summed E-state index contributed by atoms with van der Waals surface area (Å²) in [5, 5.41) is 12.0. The lowest BCUT2D eigenvalue weighted by molar-refractivity contribution is 0.198. The molecule has 1 atom stereocenters. The van der Waals surface area contributed by atoms with Gasteiger partial charge in [0.05, 0.1) is 6.61 Å². The Hall–Kier alpha value is -0.380. The van der Waals surface area contributed by atoms with Crippen LogP contribution in [0.15, 0.2) is 12.7 Å². The molecule has 1 saturated heterocycles. The van der Waals surface area contributed by atoms with Gasteiger partial charge in [-0.3, -0.25) is 4.90 Å². The molecule has 0 aromatic heterocycles. The van der Waals surface area contributed by atoms with Crippen molar-refractivity contribution in [1.82, 2.24) is 10.2 Å². The van der Waals surface area contributed by atoms with Crippen molar-refractivity contribution in [2.45, 2.75) is 18.9 Å². The average Bonchev–Trinajstić information content (AvgIpc) is 2.16.